The Morgan fingerprint density at radius 3 is 2.80 bits per heavy atom. The fourth-order valence-electron chi connectivity index (χ4n) is 3.09. The predicted molar refractivity (Wildman–Crippen MR) is 93.3 cm³/mol. The summed E-state index contributed by atoms with van der Waals surface area (Å²) in [5, 5.41) is 8.07. The molecule has 1 aromatic heterocycles. The normalized spacial score (nSPS) is 19.9. The third kappa shape index (κ3) is 3.26. The summed E-state index contributed by atoms with van der Waals surface area (Å²) in [7, 11) is 0. The average molecular weight is 366 g/mol. The van der Waals surface area contributed by atoms with Crippen molar-refractivity contribution in [2.24, 2.45) is 11.1 Å². The third-order valence-electron chi connectivity index (χ3n) is 4.84. The second-order valence-electron chi connectivity index (χ2n) is 7.14. The molecular formula is C17H21ClFN5O. The van der Waals surface area contributed by atoms with Gasteiger partial charge in [-0.25, -0.2) is 9.07 Å². The number of hydrogen-bond acceptors (Lipinski definition) is 4. The molecule has 2 aromatic rings. The number of nitrogens with zero attached hydrogens (tertiary/aromatic N) is 4. The monoisotopic (exact) mass is 365 g/mol. The Bertz CT molecular complexity index is 819. The Morgan fingerprint density at radius 1 is 1.44 bits per heavy atom. The topological polar surface area (TPSA) is 77.0 Å². The van der Waals surface area contributed by atoms with Gasteiger partial charge in [-0.1, -0.05) is 30.7 Å². The maximum Gasteiger partial charge on any atom is 0.276 e. The predicted octanol–water partition coefficient (Wildman–Crippen LogP) is 2.57. The minimum Gasteiger partial charge on any atom is -0.337 e. The highest BCUT2D eigenvalue weighted by atomic mass is 35.5. The summed E-state index contributed by atoms with van der Waals surface area (Å²) < 4.78 is 14.8. The van der Waals surface area contributed by atoms with Crippen LogP contribution in [0.15, 0.2) is 18.2 Å². The highest BCUT2D eigenvalue weighted by Gasteiger charge is 2.36. The zero-order chi connectivity index (χ0) is 18.4. The molecule has 25 heavy (non-hydrogen) atoms. The summed E-state index contributed by atoms with van der Waals surface area (Å²) in [5.41, 5.74) is 7.41. The number of likely N-dealkylation sites (tertiary alicyclic amines) is 1. The van der Waals surface area contributed by atoms with Crippen molar-refractivity contribution in [1.82, 2.24) is 19.9 Å². The molecule has 0 saturated carbocycles. The summed E-state index contributed by atoms with van der Waals surface area (Å²) in [4.78, 5) is 14.6. The molecule has 3 rings (SSSR count). The van der Waals surface area contributed by atoms with Crippen LogP contribution in [0.25, 0.3) is 5.69 Å². The van der Waals surface area contributed by atoms with Gasteiger partial charge >= 0.3 is 0 Å². The van der Waals surface area contributed by atoms with Gasteiger partial charge in [-0.15, -0.1) is 5.10 Å². The van der Waals surface area contributed by atoms with Crippen molar-refractivity contribution in [3.05, 3.63) is 40.4 Å². The van der Waals surface area contributed by atoms with Crippen LogP contribution >= 0.6 is 11.6 Å². The van der Waals surface area contributed by atoms with Crippen LogP contribution in [0, 0.1) is 18.2 Å². The van der Waals surface area contributed by atoms with Crippen LogP contribution in [0.4, 0.5) is 4.39 Å². The van der Waals surface area contributed by atoms with Gasteiger partial charge in [-0.2, -0.15) is 0 Å². The molecule has 0 spiro atoms. The van der Waals surface area contributed by atoms with E-state index in [4.69, 9.17) is 17.3 Å². The second kappa shape index (κ2) is 6.38. The van der Waals surface area contributed by atoms with E-state index in [9.17, 15) is 9.18 Å². The molecule has 1 atom stereocenters. The molecule has 0 radical (unpaired) electrons. The lowest BCUT2D eigenvalue weighted by molar-refractivity contribution is 0.0526. The molecule has 1 aliphatic rings. The molecule has 1 saturated heterocycles. The van der Waals surface area contributed by atoms with Crippen LogP contribution in [0.5, 0.6) is 0 Å². The van der Waals surface area contributed by atoms with Gasteiger partial charge in [0.25, 0.3) is 5.91 Å². The molecule has 8 heteroatoms. The van der Waals surface area contributed by atoms with E-state index in [1.165, 1.54) is 16.8 Å². The number of nitrogens with two attached hydrogens (primary N) is 1. The lowest BCUT2D eigenvalue weighted by atomic mass is 9.79. The number of rotatable bonds is 2. The SMILES string of the molecule is Cc1c(C(=O)N2CCC(N)C(C)(C)C2)nnn1-c1ccc(F)c(Cl)c1. The number of halogens is 2. The largest absolute Gasteiger partial charge is 0.337 e. The van der Waals surface area contributed by atoms with Crippen LogP contribution in [0.1, 0.15) is 36.5 Å². The molecular weight excluding hydrogens is 345 g/mol. The van der Waals surface area contributed by atoms with E-state index < -0.39 is 5.82 Å². The van der Waals surface area contributed by atoms with Crippen molar-refractivity contribution in [3.8, 4) is 5.69 Å². The maximum atomic E-state index is 13.3. The molecule has 1 fully saturated rings. The highest BCUT2D eigenvalue weighted by molar-refractivity contribution is 6.30. The van der Waals surface area contributed by atoms with Crippen molar-refractivity contribution >= 4 is 17.5 Å². The number of piperidine rings is 1. The van der Waals surface area contributed by atoms with E-state index >= 15 is 0 Å². The Kier molecular flexibility index (Phi) is 4.55. The summed E-state index contributed by atoms with van der Waals surface area (Å²) in [5.74, 6) is -0.677. The van der Waals surface area contributed by atoms with Gasteiger partial charge in [-0.3, -0.25) is 4.79 Å². The fourth-order valence-corrected chi connectivity index (χ4v) is 3.26. The fraction of sp³-hybridized carbons (Fsp3) is 0.471. The molecule has 2 heterocycles. The van der Waals surface area contributed by atoms with Gasteiger partial charge in [0.2, 0.25) is 0 Å². The van der Waals surface area contributed by atoms with Gasteiger partial charge in [0.05, 0.1) is 16.4 Å². The van der Waals surface area contributed by atoms with Crippen molar-refractivity contribution in [2.45, 2.75) is 33.2 Å². The van der Waals surface area contributed by atoms with E-state index in [2.05, 4.69) is 24.2 Å². The first-order valence-electron chi connectivity index (χ1n) is 8.13. The van der Waals surface area contributed by atoms with Gasteiger partial charge < -0.3 is 10.6 Å². The number of hydrogen-bond donors (Lipinski definition) is 1. The molecule has 0 aliphatic carbocycles. The summed E-state index contributed by atoms with van der Waals surface area (Å²) in [6, 6.07) is 4.32. The van der Waals surface area contributed by atoms with Gasteiger partial charge in [0, 0.05) is 19.1 Å². The van der Waals surface area contributed by atoms with Crippen LogP contribution in [-0.4, -0.2) is 44.9 Å². The van der Waals surface area contributed by atoms with E-state index in [-0.39, 0.29) is 28.1 Å². The van der Waals surface area contributed by atoms with Crippen LogP contribution in [0.2, 0.25) is 5.02 Å². The first kappa shape index (κ1) is 17.8. The van der Waals surface area contributed by atoms with Gasteiger partial charge in [0.15, 0.2) is 5.69 Å². The Balaban J connectivity index is 1.88. The maximum absolute atomic E-state index is 13.3. The number of amides is 1. The van der Waals surface area contributed by atoms with Crippen molar-refractivity contribution < 1.29 is 9.18 Å². The third-order valence-corrected chi connectivity index (χ3v) is 5.13. The molecule has 2 N–H and O–H groups in total. The molecule has 1 aliphatic heterocycles. The molecule has 1 amide bonds. The van der Waals surface area contributed by atoms with Crippen LogP contribution < -0.4 is 5.73 Å². The molecule has 1 unspecified atom stereocenters. The van der Waals surface area contributed by atoms with E-state index in [0.717, 1.165) is 6.42 Å². The number of carbonyl (C=O) groups excluding carboxylic acids is 1. The minimum absolute atomic E-state index is 0.00737. The van der Waals surface area contributed by atoms with Crippen LogP contribution in [-0.2, 0) is 0 Å². The van der Waals surface area contributed by atoms with E-state index in [0.29, 0.717) is 24.5 Å². The zero-order valence-corrected chi connectivity index (χ0v) is 15.2. The Labute approximate surface area is 150 Å². The van der Waals surface area contributed by atoms with Gasteiger partial charge in [-0.05, 0) is 37.0 Å². The van der Waals surface area contributed by atoms with Crippen molar-refractivity contribution in [1.29, 1.82) is 0 Å². The molecule has 134 valence electrons. The summed E-state index contributed by atoms with van der Waals surface area (Å²) in [6.45, 7) is 7.04. The summed E-state index contributed by atoms with van der Waals surface area (Å²) in [6.07, 6.45) is 0.749. The number of carbonyl (C=O) groups is 1. The standard InChI is InChI=1S/C17H21ClFN5O/c1-10-15(16(25)23-7-6-14(20)17(2,3)9-23)21-22-24(10)11-4-5-13(19)12(18)8-11/h4-5,8,14H,6-7,9,20H2,1-3H3. The second-order valence-corrected chi connectivity index (χ2v) is 7.55. The number of aromatic nitrogens is 3. The average Bonchev–Trinajstić information content (AvgIpc) is 2.93. The Hall–Kier alpha value is -1.99. The first-order valence-corrected chi connectivity index (χ1v) is 8.51. The quantitative estimate of drug-likeness (QED) is 0.887. The molecule has 6 nitrogen and oxygen atoms in total. The molecule has 0 bridgehead atoms. The molecule has 1 aromatic carbocycles. The van der Waals surface area contributed by atoms with Crippen molar-refractivity contribution in [2.75, 3.05) is 13.1 Å². The van der Waals surface area contributed by atoms with Crippen molar-refractivity contribution in [3.63, 3.8) is 0 Å². The van der Waals surface area contributed by atoms with Gasteiger partial charge in [0.1, 0.15) is 5.82 Å². The lowest BCUT2D eigenvalue weighted by Gasteiger charge is -2.42. The zero-order valence-electron chi connectivity index (χ0n) is 14.5. The number of benzene rings is 1. The highest BCUT2D eigenvalue weighted by Crippen LogP contribution is 2.29. The summed E-state index contributed by atoms with van der Waals surface area (Å²) >= 11 is 5.83. The smallest absolute Gasteiger partial charge is 0.276 e. The Morgan fingerprint density at radius 2 is 2.16 bits per heavy atom. The first-order chi connectivity index (χ1) is 11.7. The van der Waals surface area contributed by atoms with Crippen LogP contribution in [0.3, 0.4) is 0 Å². The minimum atomic E-state index is -0.508. The van der Waals surface area contributed by atoms with E-state index in [1.807, 2.05) is 0 Å². The van der Waals surface area contributed by atoms with E-state index in [1.54, 1.807) is 17.9 Å². The lowest BCUT2D eigenvalue weighted by Crippen LogP contribution is -2.54.